The third-order valence-corrected chi connectivity index (χ3v) is 12.7. The van der Waals surface area contributed by atoms with Gasteiger partial charge >= 0.3 is 6.03 Å². The first kappa shape index (κ1) is 38.8. The molecule has 2 aliphatic heterocycles. The normalized spacial score (nSPS) is 26.9. The summed E-state index contributed by atoms with van der Waals surface area (Å²) in [5.41, 5.74) is -1.05. The van der Waals surface area contributed by atoms with Crippen molar-refractivity contribution in [2.24, 2.45) is 34.0 Å². The number of piperidine rings is 2. The predicted octanol–water partition coefficient (Wildman–Crippen LogP) is 3.69. The third-order valence-electron chi connectivity index (χ3n) is 12.7. The lowest BCUT2D eigenvalue weighted by molar-refractivity contribution is -0.146. The number of fused-ring (bicyclic) bond motifs is 1. The Hall–Kier alpha value is -3.44. The van der Waals surface area contributed by atoms with Gasteiger partial charge in [-0.25, -0.2) is 4.79 Å². The molecule has 0 spiro atoms. The number of amides is 6. The highest BCUT2D eigenvalue weighted by Gasteiger charge is 2.70. The maximum atomic E-state index is 14.9. The van der Waals surface area contributed by atoms with Gasteiger partial charge in [0.15, 0.2) is 0 Å². The highest BCUT2D eigenvalue weighted by Crippen LogP contribution is 2.65. The first-order valence-corrected chi connectivity index (χ1v) is 19.4. The number of carbonyl (C=O) groups is 6. The average Bonchev–Trinajstić information content (AvgIpc) is 3.93. The highest BCUT2D eigenvalue weighted by molar-refractivity contribution is 6.38. The molecular formula is C39H62N6O6. The standard InChI is InChI=1S/C39H62N6O6/c1-8-19-40-34(49)31(47)26(21-24-15-16-24)41-33(48)30-29-25(38(29,5)6)22-45(30)35(50)32(39(7)17-11-9-12-18-39)43-36(51)42-27(37(2,3)4)23-44-20-13-10-14-28(44)46/h8,24-27,29-30,32H,1,9-23H2,2-7H3,(H,40,49)(H,41,48)(H2,42,43,51)/t25-,26?,27+,29-,30-,32+/m0/s1. The quantitative estimate of drug-likeness (QED) is 0.159. The van der Waals surface area contributed by atoms with Crippen LogP contribution in [0.3, 0.4) is 0 Å². The molecule has 51 heavy (non-hydrogen) atoms. The van der Waals surface area contributed by atoms with Crippen LogP contribution in [0.5, 0.6) is 0 Å². The van der Waals surface area contributed by atoms with Crippen LogP contribution < -0.4 is 21.3 Å². The van der Waals surface area contributed by atoms with E-state index in [-0.39, 0.29) is 53.0 Å². The van der Waals surface area contributed by atoms with E-state index in [9.17, 15) is 28.8 Å². The molecule has 0 bridgehead atoms. The Kier molecular flexibility index (Phi) is 11.6. The highest BCUT2D eigenvalue weighted by atomic mass is 16.2. The summed E-state index contributed by atoms with van der Waals surface area (Å²) in [6.07, 6.45) is 10.5. The number of hydrogen-bond donors (Lipinski definition) is 4. The molecule has 12 heteroatoms. The van der Waals surface area contributed by atoms with Gasteiger partial charge in [-0.05, 0) is 66.1 Å². The van der Waals surface area contributed by atoms with Crippen molar-refractivity contribution in [1.29, 1.82) is 0 Å². The van der Waals surface area contributed by atoms with E-state index in [0.717, 1.165) is 57.8 Å². The molecule has 2 heterocycles. The smallest absolute Gasteiger partial charge is 0.315 e. The molecule has 6 atom stereocenters. The fourth-order valence-electron chi connectivity index (χ4n) is 8.89. The van der Waals surface area contributed by atoms with Crippen LogP contribution in [0.25, 0.3) is 0 Å². The first-order valence-electron chi connectivity index (χ1n) is 19.4. The van der Waals surface area contributed by atoms with Gasteiger partial charge in [-0.2, -0.15) is 0 Å². The molecule has 284 valence electrons. The summed E-state index contributed by atoms with van der Waals surface area (Å²) in [4.78, 5) is 85.2. The molecule has 0 aromatic heterocycles. The minimum absolute atomic E-state index is 0.0961. The Morgan fingerprint density at radius 3 is 2.25 bits per heavy atom. The van der Waals surface area contributed by atoms with Gasteiger partial charge in [-0.3, -0.25) is 24.0 Å². The Morgan fingerprint density at radius 2 is 1.65 bits per heavy atom. The van der Waals surface area contributed by atoms with Crippen molar-refractivity contribution < 1.29 is 28.8 Å². The lowest BCUT2D eigenvalue weighted by Crippen LogP contribution is -2.64. The van der Waals surface area contributed by atoms with Crippen LogP contribution in [0.15, 0.2) is 12.7 Å². The number of ketones is 1. The zero-order valence-corrected chi connectivity index (χ0v) is 31.8. The van der Waals surface area contributed by atoms with Crippen LogP contribution in [0.4, 0.5) is 4.79 Å². The molecule has 0 radical (unpaired) electrons. The third kappa shape index (κ3) is 8.79. The van der Waals surface area contributed by atoms with Crippen LogP contribution in [-0.2, 0) is 24.0 Å². The van der Waals surface area contributed by atoms with Crippen LogP contribution in [-0.4, -0.2) is 95.6 Å². The lowest BCUT2D eigenvalue weighted by Gasteiger charge is -2.44. The van der Waals surface area contributed by atoms with Crippen molar-refractivity contribution in [2.45, 2.75) is 136 Å². The van der Waals surface area contributed by atoms with Crippen molar-refractivity contribution in [2.75, 3.05) is 26.2 Å². The molecular weight excluding hydrogens is 648 g/mol. The molecule has 1 unspecified atom stereocenters. The summed E-state index contributed by atoms with van der Waals surface area (Å²) < 4.78 is 0. The summed E-state index contributed by atoms with van der Waals surface area (Å²) in [5, 5.41) is 11.7. The molecule has 0 aromatic carbocycles. The van der Waals surface area contributed by atoms with Crippen molar-refractivity contribution in [3.63, 3.8) is 0 Å². The van der Waals surface area contributed by atoms with Crippen LogP contribution in [0.2, 0.25) is 0 Å². The van der Waals surface area contributed by atoms with E-state index in [1.165, 1.54) is 6.08 Å². The number of Topliss-reactive ketones (excluding diaryl/α,β-unsaturated/α-hetero) is 1. The fourth-order valence-corrected chi connectivity index (χ4v) is 8.89. The van der Waals surface area contributed by atoms with Gasteiger partial charge < -0.3 is 31.1 Å². The van der Waals surface area contributed by atoms with Crippen LogP contribution >= 0.6 is 0 Å². The maximum absolute atomic E-state index is 14.9. The molecule has 5 rings (SSSR count). The number of carbonyl (C=O) groups excluding carboxylic acids is 6. The van der Waals surface area contributed by atoms with Gasteiger partial charge in [-0.1, -0.05) is 79.7 Å². The monoisotopic (exact) mass is 710 g/mol. The molecule has 12 nitrogen and oxygen atoms in total. The summed E-state index contributed by atoms with van der Waals surface area (Å²) in [7, 11) is 0. The molecule has 6 amide bonds. The molecule has 5 aliphatic rings. The predicted molar refractivity (Wildman–Crippen MR) is 194 cm³/mol. The van der Waals surface area contributed by atoms with E-state index in [2.05, 4.69) is 48.6 Å². The van der Waals surface area contributed by atoms with Crippen LogP contribution in [0.1, 0.15) is 112 Å². The van der Waals surface area contributed by atoms with Crippen LogP contribution in [0, 0.1) is 34.0 Å². The summed E-state index contributed by atoms with van der Waals surface area (Å²) in [5.74, 6) is -1.80. The number of nitrogens with zero attached hydrogens (tertiary/aromatic N) is 2. The Labute approximate surface area is 304 Å². The average molecular weight is 711 g/mol. The Morgan fingerprint density at radius 1 is 0.961 bits per heavy atom. The topological polar surface area (TPSA) is 157 Å². The number of likely N-dealkylation sites (tertiary alicyclic amines) is 2. The SMILES string of the molecule is C=CCNC(=O)C(=O)C(CC1CC1)NC(=O)[C@@H]1[C@@H]2[C@H](CN1C(=O)[C@@H](NC(=O)N[C@H](CN1CCCCC1=O)C(C)(C)C)C1(C)CCCCC1)C2(C)C. The Balaban J connectivity index is 1.37. The van der Waals surface area contributed by atoms with Gasteiger partial charge in [-0.15, -0.1) is 6.58 Å². The summed E-state index contributed by atoms with van der Waals surface area (Å²) in [6.45, 7) is 17.5. The zero-order chi connectivity index (χ0) is 37.3. The van der Waals surface area contributed by atoms with Gasteiger partial charge in [0, 0.05) is 32.6 Å². The van der Waals surface area contributed by atoms with E-state index in [1.807, 2.05) is 25.7 Å². The number of urea groups is 1. The lowest BCUT2D eigenvalue weighted by atomic mass is 9.70. The molecule has 5 fully saturated rings. The van der Waals surface area contributed by atoms with E-state index in [4.69, 9.17) is 0 Å². The molecule has 0 aromatic rings. The zero-order valence-electron chi connectivity index (χ0n) is 31.8. The minimum atomic E-state index is -0.982. The fraction of sp³-hybridized carbons (Fsp3) is 0.795. The molecule has 3 saturated carbocycles. The van der Waals surface area contributed by atoms with Crippen molar-refractivity contribution in [3.05, 3.63) is 12.7 Å². The summed E-state index contributed by atoms with van der Waals surface area (Å²) in [6, 6.07) is -3.49. The molecule has 3 aliphatic carbocycles. The summed E-state index contributed by atoms with van der Waals surface area (Å²) >= 11 is 0. The first-order chi connectivity index (χ1) is 24.0. The van der Waals surface area contributed by atoms with Gasteiger partial charge in [0.1, 0.15) is 12.1 Å². The second kappa shape index (κ2) is 15.3. The van der Waals surface area contributed by atoms with Gasteiger partial charge in [0.05, 0.1) is 12.1 Å². The number of nitrogens with one attached hydrogen (secondary N) is 4. The van der Waals surface area contributed by atoms with E-state index < -0.39 is 47.2 Å². The van der Waals surface area contributed by atoms with E-state index in [0.29, 0.717) is 32.5 Å². The molecule has 4 N–H and O–H groups in total. The van der Waals surface area contributed by atoms with Crippen molar-refractivity contribution in [3.8, 4) is 0 Å². The van der Waals surface area contributed by atoms with E-state index >= 15 is 0 Å². The van der Waals surface area contributed by atoms with Crippen molar-refractivity contribution in [1.82, 2.24) is 31.1 Å². The minimum Gasteiger partial charge on any atom is -0.346 e. The molecule has 2 saturated heterocycles. The maximum Gasteiger partial charge on any atom is 0.315 e. The number of rotatable bonds is 14. The second-order valence-corrected chi connectivity index (χ2v) is 18.0. The Bertz CT molecular complexity index is 1380. The van der Waals surface area contributed by atoms with Crippen molar-refractivity contribution >= 4 is 35.4 Å². The second-order valence-electron chi connectivity index (χ2n) is 18.0. The van der Waals surface area contributed by atoms with E-state index in [1.54, 1.807) is 4.90 Å². The largest absolute Gasteiger partial charge is 0.346 e. The van der Waals surface area contributed by atoms with Gasteiger partial charge in [0.25, 0.3) is 5.91 Å². The number of hydrogen-bond acceptors (Lipinski definition) is 6. The van der Waals surface area contributed by atoms with Gasteiger partial charge in [0.2, 0.25) is 23.5 Å².